The Kier molecular flexibility index (Phi) is 10.9. The number of hydrogen-bond acceptors (Lipinski definition) is 0. The molecule has 2 rings (SSSR count). The monoisotopic (exact) mass is 338 g/mol. The topological polar surface area (TPSA) is 0 Å². The lowest BCUT2D eigenvalue weighted by molar-refractivity contribution is 0.483. The largest absolute Gasteiger partial charge is 0.100 e. The maximum Gasteiger partial charge on any atom is -0.0207 e. The lowest BCUT2D eigenvalue weighted by atomic mass is 9.99. The van der Waals surface area contributed by atoms with Gasteiger partial charge >= 0.3 is 0 Å². The first kappa shape index (κ1) is 19.8. The van der Waals surface area contributed by atoms with E-state index in [9.17, 15) is 0 Å². The van der Waals surface area contributed by atoms with Crippen LogP contribution < -0.4 is 0 Å². The summed E-state index contributed by atoms with van der Waals surface area (Å²) in [6.07, 6.45) is 29.2. The van der Waals surface area contributed by atoms with E-state index >= 15 is 0 Å². The van der Waals surface area contributed by atoms with E-state index < -0.39 is 0 Å². The van der Waals surface area contributed by atoms with E-state index in [4.69, 9.17) is 0 Å². The molecule has 0 spiro atoms. The first-order valence-electron chi connectivity index (χ1n) is 11.2. The van der Waals surface area contributed by atoms with Crippen molar-refractivity contribution in [3.05, 3.63) is 0 Å². The smallest absolute Gasteiger partial charge is 0.0207 e. The second-order valence-corrected chi connectivity index (χ2v) is 11.2. The molecule has 0 atom stereocenters. The fourth-order valence-electron chi connectivity index (χ4n) is 4.92. The molecule has 2 saturated carbocycles. The molecule has 2 aliphatic rings. The molecule has 0 radical (unpaired) electrons. The normalized spacial score (nSPS) is 21.1. The van der Waals surface area contributed by atoms with E-state index in [0.717, 1.165) is 0 Å². The van der Waals surface area contributed by atoms with Gasteiger partial charge < -0.3 is 0 Å². The zero-order valence-corrected chi connectivity index (χ0v) is 16.9. The Labute approximate surface area is 148 Å². The van der Waals surface area contributed by atoms with Crippen molar-refractivity contribution in [3.8, 4) is 0 Å². The number of hydrogen-bond donors (Lipinski definition) is 0. The summed E-state index contributed by atoms with van der Waals surface area (Å²) in [5.41, 5.74) is 2.35. The summed E-state index contributed by atoms with van der Waals surface area (Å²) in [4.78, 5) is 0. The van der Waals surface area contributed by atoms with E-state index in [0.29, 0.717) is 7.92 Å². The molecule has 0 unspecified atom stereocenters. The van der Waals surface area contributed by atoms with Crippen LogP contribution in [0.3, 0.4) is 0 Å². The summed E-state index contributed by atoms with van der Waals surface area (Å²) >= 11 is 0. The Morgan fingerprint density at radius 1 is 0.565 bits per heavy atom. The molecule has 0 bridgehead atoms. The molecule has 0 aromatic heterocycles. The Balaban J connectivity index is 1.65. The minimum absolute atomic E-state index is 0.373. The minimum Gasteiger partial charge on any atom is -0.100 e. The average molecular weight is 339 g/mol. The van der Waals surface area contributed by atoms with Crippen LogP contribution in [-0.2, 0) is 0 Å². The molecule has 0 aliphatic heterocycles. The second-order valence-electron chi connectivity index (χ2n) is 8.30. The van der Waals surface area contributed by atoms with Gasteiger partial charge in [0.1, 0.15) is 0 Å². The van der Waals surface area contributed by atoms with Gasteiger partial charge in [-0.2, -0.15) is 0 Å². The van der Waals surface area contributed by atoms with Crippen molar-refractivity contribution in [2.24, 2.45) is 0 Å². The summed E-state index contributed by atoms with van der Waals surface area (Å²) in [7, 11) is 0.373. The van der Waals surface area contributed by atoms with Gasteiger partial charge in [0, 0.05) is 0 Å². The molecule has 0 heterocycles. The highest BCUT2D eigenvalue weighted by Crippen LogP contribution is 2.56. The molecule has 2 fully saturated rings. The number of unbranched alkanes of at least 4 members (excludes halogenated alkanes) is 7. The number of rotatable bonds is 11. The van der Waals surface area contributed by atoms with Crippen molar-refractivity contribution < 1.29 is 0 Å². The molecule has 0 aromatic carbocycles. The van der Waals surface area contributed by atoms with E-state index in [2.05, 4.69) is 6.92 Å². The maximum atomic E-state index is 2.32. The first-order chi connectivity index (χ1) is 11.4. The second kappa shape index (κ2) is 12.7. The Bertz CT molecular complexity index is 245. The Morgan fingerprint density at radius 3 is 1.48 bits per heavy atom. The molecular weight excluding hydrogens is 295 g/mol. The van der Waals surface area contributed by atoms with Crippen molar-refractivity contribution in [3.63, 3.8) is 0 Å². The molecule has 23 heavy (non-hydrogen) atoms. The summed E-state index contributed by atoms with van der Waals surface area (Å²) < 4.78 is 0. The fraction of sp³-hybridized carbons (Fsp3) is 1.00. The predicted molar refractivity (Wildman–Crippen MR) is 108 cm³/mol. The van der Waals surface area contributed by atoms with Crippen LogP contribution in [0.2, 0.25) is 0 Å². The van der Waals surface area contributed by atoms with Crippen LogP contribution in [0.1, 0.15) is 122 Å². The van der Waals surface area contributed by atoms with E-state index in [1.807, 2.05) is 0 Å². The highest BCUT2D eigenvalue weighted by Gasteiger charge is 2.30. The van der Waals surface area contributed by atoms with Gasteiger partial charge in [-0.25, -0.2) is 0 Å². The summed E-state index contributed by atoms with van der Waals surface area (Å²) in [6.45, 7) is 2.32. The maximum absolute atomic E-state index is 2.32. The highest BCUT2D eigenvalue weighted by atomic mass is 31.1. The van der Waals surface area contributed by atoms with E-state index in [1.165, 1.54) is 69.1 Å². The van der Waals surface area contributed by atoms with Crippen LogP contribution in [0.4, 0.5) is 0 Å². The van der Waals surface area contributed by atoms with Crippen LogP contribution in [0, 0.1) is 0 Å². The Hall–Kier alpha value is 0.430. The van der Waals surface area contributed by atoms with Crippen LogP contribution >= 0.6 is 7.92 Å². The van der Waals surface area contributed by atoms with E-state index in [-0.39, 0.29) is 0 Å². The molecule has 0 aromatic rings. The third-order valence-electron chi connectivity index (χ3n) is 6.36. The van der Waals surface area contributed by atoms with Crippen molar-refractivity contribution in [2.75, 3.05) is 6.16 Å². The lowest BCUT2D eigenvalue weighted by Crippen LogP contribution is -2.22. The van der Waals surface area contributed by atoms with E-state index in [1.54, 1.807) is 63.9 Å². The van der Waals surface area contributed by atoms with Crippen LogP contribution in [0.15, 0.2) is 0 Å². The summed E-state index contributed by atoms with van der Waals surface area (Å²) in [5.74, 6) is 0. The van der Waals surface area contributed by atoms with Crippen LogP contribution in [0.25, 0.3) is 0 Å². The fourth-order valence-corrected chi connectivity index (χ4v) is 8.89. The van der Waals surface area contributed by atoms with Gasteiger partial charge in [0.25, 0.3) is 0 Å². The zero-order chi connectivity index (χ0) is 16.2. The van der Waals surface area contributed by atoms with Gasteiger partial charge in [-0.3, -0.25) is 0 Å². The molecular formula is C22H43P. The van der Waals surface area contributed by atoms with Gasteiger partial charge in [-0.15, -0.1) is 7.92 Å². The molecule has 136 valence electrons. The minimum atomic E-state index is 0.373. The third kappa shape index (κ3) is 7.90. The van der Waals surface area contributed by atoms with Crippen LogP contribution in [-0.4, -0.2) is 17.5 Å². The summed E-state index contributed by atoms with van der Waals surface area (Å²) in [6, 6.07) is 0. The van der Waals surface area contributed by atoms with Gasteiger partial charge in [0.2, 0.25) is 0 Å². The Morgan fingerprint density at radius 2 is 1.00 bits per heavy atom. The van der Waals surface area contributed by atoms with Crippen molar-refractivity contribution in [1.29, 1.82) is 0 Å². The predicted octanol–water partition coefficient (Wildman–Crippen LogP) is 8.27. The molecule has 2 aliphatic carbocycles. The van der Waals surface area contributed by atoms with Gasteiger partial charge in [0.15, 0.2) is 0 Å². The van der Waals surface area contributed by atoms with Gasteiger partial charge in [-0.05, 0) is 49.6 Å². The molecule has 1 heteroatoms. The van der Waals surface area contributed by atoms with Crippen LogP contribution in [0.5, 0.6) is 0 Å². The molecule has 0 N–H and O–H groups in total. The van der Waals surface area contributed by atoms with Crippen molar-refractivity contribution >= 4 is 7.92 Å². The molecule has 0 nitrogen and oxygen atoms in total. The highest BCUT2D eigenvalue weighted by molar-refractivity contribution is 7.59. The van der Waals surface area contributed by atoms with Gasteiger partial charge in [-0.1, -0.05) is 90.4 Å². The summed E-state index contributed by atoms with van der Waals surface area (Å²) in [5, 5.41) is 0. The SMILES string of the molecule is CCCCCCCCCCP(C1CCCCC1)C1CCCCC1. The standard InChI is InChI=1S/C22H43P/c1-2-3-4-5-6-7-8-15-20-23(21-16-11-9-12-17-21)22-18-13-10-14-19-22/h21-22H,2-20H2,1H3. The third-order valence-corrected chi connectivity index (χ3v) is 10.1. The molecule has 0 amide bonds. The first-order valence-corrected chi connectivity index (χ1v) is 12.8. The zero-order valence-electron chi connectivity index (χ0n) is 16.0. The quantitative estimate of drug-likeness (QED) is 0.262. The average Bonchev–Trinajstić information content (AvgIpc) is 2.62. The van der Waals surface area contributed by atoms with Crippen molar-refractivity contribution in [2.45, 2.75) is 134 Å². The lowest BCUT2D eigenvalue weighted by Gasteiger charge is -2.38. The van der Waals surface area contributed by atoms with Gasteiger partial charge in [0.05, 0.1) is 0 Å². The molecule has 0 saturated heterocycles. The van der Waals surface area contributed by atoms with Crippen molar-refractivity contribution in [1.82, 2.24) is 0 Å².